The fourth-order valence-corrected chi connectivity index (χ4v) is 3.23. The van der Waals surface area contributed by atoms with Crippen LogP contribution >= 0.6 is 11.3 Å². The largest absolute Gasteiger partial charge is 0.316 e. The zero-order chi connectivity index (χ0) is 18.0. The summed E-state index contributed by atoms with van der Waals surface area (Å²) < 4.78 is 0. The van der Waals surface area contributed by atoms with E-state index in [-0.39, 0.29) is 5.41 Å². The molecule has 0 unspecified atom stereocenters. The minimum absolute atomic E-state index is 0.233. The Morgan fingerprint density at radius 3 is 2.72 bits per heavy atom. The SMILES string of the molecule is Cc1cc(CN[C@@H](C)C(C)(C)C)cc(Nc2nc3cccnc3s2)n1. The third kappa shape index (κ3) is 4.52. The number of thiazole rings is 1. The molecule has 3 aromatic heterocycles. The molecule has 0 fully saturated rings. The predicted molar refractivity (Wildman–Crippen MR) is 105 cm³/mol. The van der Waals surface area contributed by atoms with E-state index >= 15 is 0 Å². The molecule has 0 aliphatic heterocycles. The van der Waals surface area contributed by atoms with Gasteiger partial charge in [-0.1, -0.05) is 32.1 Å². The first-order valence-electron chi connectivity index (χ1n) is 8.51. The van der Waals surface area contributed by atoms with Crippen molar-refractivity contribution in [1.29, 1.82) is 0 Å². The van der Waals surface area contributed by atoms with Crippen LogP contribution in [-0.4, -0.2) is 21.0 Å². The molecule has 25 heavy (non-hydrogen) atoms. The quantitative estimate of drug-likeness (QED) is 0.697. The van der Waals surface area contributed by atoms with Crippen molar-refractivity contribution in [3.63, 3.8) is 0 Å². The molecule has 0 aromatic carbocycles. The van der Waals surface area contributed by atoms with Crippen molar-refractivity contribution in [3.8, 4) is 0 Å². The van der Waals surface area contributed by atoms with Gasteiger partial charge in [-0.3, -0.25) is 0 Å². The highest BCUT2D eigenvalue weighted by molar-refractivity contribution is 7.21. The lowest BCUT2D eigenvalue weighted by Crippen LogP contribution is -2.37. The summed E-state index contributed by atoms with van der Waals surface area (Å²) in [6.07, 6.45) is 1.79. The van der Waals surface area contributed by atoms with Crippen LogP contribution in [0.25, 0.3) is 10.3 Å². The lowest BCUT2D eigenvalue weighted by molar-refractivity contribution is 0.285. The summed E-state index contributed by atoms with van der Waals surface area (Å²) in [5.41, 5.74) is 3.34. The number of nitrogens with one attached hydrogen (secondary N) is 2. The number of aromatic nitrogens is 3. The monoisotopic (exact) mass is 355 g/mol. The normalized spacial score (nSPS) is 13.2. The fourth-order valence-electron chi connectivity index (χ4n) is 2.42. The fraction of sp³-hybridized carbons (Fsp3) is 0.421. The first kappa shape index (κ1) is 17.8. The highest BCUT2D eigenvalue weighted by Crippen LogP contribution is 2.26. The van der Waals surface area contributed by atoms with E-state index in [4.69, 9.17) is 0 Å². The van der Waals surface area contributed by atoms with Crippen molar-refractivity contribution >= 4 is 32.6 Å². The average Bonchev–Trinajstić information content (AvgIpc) is 2.93. The summed E-state index contributed by atoms with van der Waals surface area (Å²) in [5.74, 6) is 0.819. The van der Waals surface area contributed by atoms with Gasteiger partial charge in [0, 0.05) is 24.5 Å². The van der Waals surface area contributed by atoms with Crippen molar-refractivity contribution in [1.82, 2.24) is 20.3 Å². The smallest absolute Gasteiger partial charge is 0.190 e. The van der Waals surface area contributed by atoms with Crippen LogP contribution in [0.15, 0.2) is 30.5 Å². The molecule has 0 saturated carbocycles. The van der Waals surface area contributed by atoms with Gasteiger partial charge in [-0.05, 0) is 49.1 Å². The number of pyridine rings is 2. The van der Waals surface area contributed by atoms with Gasteiger partial charge in [-0.15, -0.1) is 0 Å². The third-order valence-electron chi connectivity index (χ3n) is 4.33. The minimum Gasteiger partial charge on any atom is -0.316 e. The van der Waals surface area contributed by atoms with Gasteiger partial charge in [0.2, 0.25) is 0 Å². The number of hydrogen-bond donors (Lipinski definition) is 2. The van der Waals surface area contributed by atoms with Gasteiger partial charge < -0.3 is 10.6 Å². The summed E-state index contributed by atoms with van der Waals surface area (Å²) in [6, 6.07) is 8.49. The lowest BCUT2D eigenvalue weighted by Gasteiger charge is -2.28. The van der Waals surface area contributed by atoms with Gasteiger partial charge in [-0.2, -0.15) is 0 Å². The summed E-state index contributed by atoms with van der Waals surface area (Å²) in [7, 11) is 0. The molecular formula is C19H25N5S. The van der Waals surface area contributed by atoms with Crippen molar-refractivity contribution in [2.75, 3.05) is 5.32 Å². The molecule has 0 spiro atoms. The first-order valence-corrected chi connectivity index (χ1v) is 9.32. The summed E-state index contributed by atoms with van der Waals surface area (Å²) in [6.45, 7) is 11.8. The van der Waals surface area contributed by atoms with Gasteiger partial charge in [0.25, 0.3) is 0 Å². The molecule has 0 radical (unpaired) electrons. The summed E-state index contributed by atoms with van der Waals surface area (Å²) in [4.78, 5) is 14.4. The molecule has 0 aliphatic rings. The van der Waals surface area contributed by atoms with Crippen LogP contribution in [0, 0.1) is 12.3 Å². The number of hydrogen-bond acceptors (Lipinski definition) is 6. The van der Waals surface area contributed by atoms with Crippen molar-refractivity contribution in [3.05, 3.63) is 41.7 Å². The van der Waals surface area contributed by atoms with Gasteiger partial charge >= 0.3 is 0 Å². The van der Waals surface area contributed by atoms with E-state index in [2.05, 4.69) is 65.4 Å². The Morgan fingerprint density at radius 1 is 1.20 bits per heavy atom. The number of nitrogens with zero attached hydrogens (tertiary/aromatic N) is 3. The van der Waals surface area contributed by atoms with Crippen molar-refractivity contribution in [2.45, 2.75) is 47.2 Å². The number of anilines is 2. The highest BCUT2D eigenvalue weighted by Gasteiger charge is 2.19. The Hall–Kier alpha value is -2.05. The van der Waals surface area contributed by atoms with E-state index in [0.29, 0.717) is 6.04 Å². The molecule has 6 heteroatoms. The van der Waals surface area contributed by atoms with Crippen LogP contribution < -0.4 is 10.6 Å². The highest BCUT2D eigenvalue weighted by atomic mass is 32.1. The molecule has 0 saturated heterocycles. The maximum Gasteiger partial charge on any atom is 0.190 e. The number of aryl methyl sites for hydroxylation is 1. The maximum atomic E-state index is 4.58. The Bertz CT molecular complexity index is 833. The van der Waals surface area contributed by atoms with Crippen LogP contribution in [0.3, 0.4) is 0 Å². The van der Waals surface area contributed by atoms with E-state index in [1.807, 2.05) is 19.1 Å². The molecule has 3 aromatic rings. The van der Waals surface area contributed by atoms with Crippen LogP contribution in [0.4, 0.5) is 10.9 Å². The van der Waals surface area contributed by atoms with Crippen LogP contribution in [-0.2, 0) is 6.54 Å². The predicted octanol–water partition coefficient (Wildman–Crippen LogP) is 4.66. The summed E-state index contributed by atoms with van der Waals surface area (Å²) in [5, 5.41) is 7.73. The molecule has 3 heterocycles. The van der Waals surface area contributed by atoms with E-state index in [1.165, 1.54) is 16.9 Å². The van der Waals surface area contributed by atoms with Crippen LogP contribution in [0.5, 0.6) is 0 Å². The number of rotatable bonds is 5. The van der Waals surface area contributed by atoms with Crippen molar-refractivity contribution in [2.24, 2.45) is 5.41 Å². The molecule has 0 aliphatic carbocycles. The molecule has 0 amide bonds. The third-order valence-corrected chi connectivity index (χ3v) is 5.22. The molecule has 0 bridgehead atoms. The molecule has 3 rings (SSSR count). The second-order valence-electron chi connectivity index (χ2n) is 7.44. The second kappa shape index (κ2) is 7.06. The standard InChI is InChI=1S/C19H25N5S/c1-12-9-14(11-21-13(2)19(3,4)5)10-16(22-12)24-18-23-15-7-6-8-20-17(15)25-18/h6-10,13,21H,11H2,1-5H3,(H,22,23,24)/t13-/m0/s1. The Balaban J connectivity index is 1.75. The van der Waals surface area contributed by atoms with E-state index in [1.54, 1.807) is 6.20 Å². The average molecular weight is 356 g/mol. The number of fused-ring (bicyclic) bond motifs is 1. The summed E-state index contributed by atoms with van der Waals surface area (Å²) >= 11 is 1.54. The van der Waals surface area contributed by atoms with Crippen LogP contribution in [0.1, 0.15) is 39.0 Å². The molecule has 1 atom stereocenters. The second-order valence-corrected chi connectivity index (χ2v) is 8.42. The zero-order valence-electron chi connectivity index (χ0n) is 15.4. The van der Waals surface area contributed by atoms with Gasteiger partial charge in [0.15, 0.2) is 5.13 Å². The van der Waals surface area contributed by atoms with Crippen LogP contribution in [0.2, 0.25) is 0 Å². The minimum atomic E-state index is 0.233. The van der Waals surface area contributed by atoms with E-state index in [0.717, 1.165) is 33.5 Å². The lowest BCUT2D eigenvalue weighted by atomic mass is 9.88. The van der Waals surface area contributed by atoms with Gasteiger partial charge in [-0.25, -0.2) is 15.0 Å². The molecule has 2 N–H and O–H groups in total. The Kier molecular flexibility index (Phi) is 5.01. The topological polar surface area (TPSA) is 62.7 Å². The molecule has 5 nitrogen and oxygen atoms in total. The van der Waals surface area contributed by atoms with Crippen molar-refractivity contribution < 1.29 is 0 Å². The maximum absolute atomic E-state index is 4.58. The van der Waals surface area contributed by atoms with E-state index < -0.39 is 0 Å². The van der Waals surface area contributed by atoms with Gasteiger partial charge in [0.1, 0.15) is 16.2 Å². The van der Waals surface area contributed by atoms with Gasteiger partial charge in [0.05, 0.1) is 0 Å². The Morgan fingerprint density at radius 2 is 2.00 bits per heavy atom. The van der Waals surface area contributed by atoms with E-state index in [9.17, 15) is 0 Å². The first-order chi connectivity index (χ1) is 11.8. The molecule has 132 valence electrons. The zero-order valence-corrected chi connectivity index (χ0v) is 16.2. The Labute approximate surface area is 152 Å². The molecular weight excluding hydrogens is 330 g/mol.